The van der Waals surface area contributed by atoms with Crippen LogP contribution in [0.4, 0.5) is 17.1 Å². The second-order valence-corrected chi connectivity index (χ2v) is 6.52. The molecule has 0 atom stereocenters. The SMILES string of the molecule is CCN(CC(=O)Nc1ccc(C)cc1)CC(=O)Nc1ccc(NC(C)=O)cc1. The normalized spacial score (nSPS) is 10.4. The largest absolute Gasteiger partial charge is 0.326 e. The predicted molar refractivity (Wildman–Crippen MR) is 111 cm³/mol. The van der Waals surface area contributed by atoms with Crippen LogP contribution in [0.1, 0.15) is 19.4 Å². The molecule has 2 aromatic rings. The van der Waals surface area contributed by atoms with E-state index in [4.69, 9.17) is 0 Å². The zero-order valence-corrected chi connectivity index (χ0v) is 16.4. The number of nitrogens with one attached hydrogen (secondary N) is 3. The van der Waals surface area contributed by atoms with E-state index in [2.05, 4.69) is 16.0 Å². The van der Waals surface area contributed by atoms with Crippen molar-refractivity contribution >= 4 is 34.8 Å². The lowest BCUT2D eigenvalue weighted by Crippen LogP contribution is -2.38. The Bertz CT molecular complexity index is 817. The monoisotopic (exact) mass is 382 g/mol. The molecule has 0 saturated heterocycles. The lowest BCUT2D eigenvalue weighted by atomic mass is 10.2. The van der Waals surface area contributed by atoms with Gasteiger partial charge in [0.2, 0.25) is 17.7 Å². The van der Waals surface area contributed by atoms with Crippen LogP contribution in [-0.4, -0.2) is 42.3 Å². The second-order valence-electron chi connectivity index (χ2n) is 6.52. The molecule has 2 aromatic carbocycles. The number of likely N-dealkylation sites (N-methyl/N-ethyl adjacent to an activating group) is 1. The third-order valence-corrected chi connectivity index (χ3v) is 4.01. The van der Waals surface area contributed by atoms with Crippen LogP contribution >= 0.6 is 0 Å². The summed E-state index contributed by atoms with van der Waals surface area (Å²) in [7, 11) is 0. The van der Waals surface area contributed by atoms with Gasteiger partial charge in [-0.2, -0.15) is 0 Å². The smallest absolute Gasteiger partial charge is 0.238 e. The average molecular weight is 382 g/mol. The van der Waals surface area contributed by atoms with E-state index in [9.17, 15) is 14.4 Å². The van der Waals surface area contributed by atoms with Gasteiger partial charge in [-0.05, 0) is 49.9 Å². The van der Waals surface area contributed by atoms with Crippen molar-refractivity contribution in [2.45, 2.75) is 20.8 Å². The fourth-order valence-corrected chi connectivity index (χ4v) is 2.56. The average Bonchev–Trinajstić information content (AvgIpc) is 2.64. The van der Waals surface area contributed by atoms with Gasteiger partial charge in [-0.3, -0.25) is 19.3 Å². The molecule has 148 valence electrons. The van der Waals surface area contributed by atoms with Gasteiger partial charge in [-0.15, -0.1) is 0 Å². The maximum Gasteiger partial charge on any atom is 0.238 e. The summed E-state index contributed by atoms with van der Waals surface area (Å²) < 4.78 is 0. The van der Waals surface area contributed by atoms with Gasteiger partial charge in [0.15, 0.2) is 0 Å². The highest BCUT2D eigenvalue weighted by Crippen LogP contribution is 2.13. The summed E-state index contributed by atoms with van der Waals surface area (Å²) in [5.74, 6) is -0.533. The van der Waals surface area contributed by atoms with E-state index in [1.807, 2.05) is 38.1 Å². The number of nitrogens with zero attached hydrogens (tertiary/aromatic N) is 1. The number of amides is 3. The number of aryl methyl sites for hydroxylation is 1. The Morgan fingerprint density at radius 2 is 1.14 bits per heavy atom. The van der Waals surface area contributed by atoms with Crippen LogP contribution in [0, 0.1) is 6.92 Å². The van der Waals surface area contributed by atoms with Gasteiger partial charge in [0.1, 0.15) is 0 Å². The molecular formula is C21H26N4O3. The summed E-state index contributed by atoms with van der Waals surface area (Å²) in [5, 5.41) is 8.29. The minimum Gasteiger partial charge on any atom is -0.326 e. The van der Waals surface area contributed by atoms with E-state index in [1.165, 1.54) is 6.92 Å². The highest BCUT2D eigenvalue weighted by molar-refractivity contribution is 5.95. The van der Waals surface area contributed by atoms with E-state index in [-0.39, 0.29) is 30.8 Å². The van der Waals surface area contributed by atoms with E-state index in [0.29, 0.717) is 17.9 Å². The fourth-order valence-electron chi connectivity index (χ4n) is 2.56. The van der Waals surface area contributed by atoms with Crippen molar-refractivity contribution in [1.29, 1.82) is 0 Å². The second kappa shape index (κ2) is 10.2. The Balaban J connectivity index is 1.83. The van der Waals surface area contributed by atoms with Crippen molar-refractivity contribution in [3.05, 3.63) is 54.1 Å². The summed E-state index contributed by atoms with van der Waals surface area (Å²) in [5.41, 5.74) is 3.14. The van der Waals surface area contributed by atoms with E-state index in [0.717, 1.165) is 11.3 Å². The summed E-state index contributed by atoms with van der Waals surface area (Å²) in [4.78, 5) is 37.3. The number of hydrogen-bond donors (Lipinski definition) is 3. The lowest BCUT2D eigenvalue weighted by molar-refractivity contribution is -0.120. The van der Waals surface area contributed by atoms with E-state index < -0.39 is 0 Å². The van der Waals surface area contributed by atoms with Crippen molar-refractivity contribution < 1.29 is 14.4 Å². The first kappa shape index (κ1) is 21.1. The lowest BCUT2D eigenvalue weighted by Gasteiger charge is -2.19. The maximum atomic E-state index is 12.3. The molecule has 0 aliphatic carbocycles. The number of benzene rings is 2. The third kappa shape index (κ3) is 7.20. The Labute approximate surface area is 165 Å². The molecule has 7 nitrogen and oxygen atoms in total. The molecule has 3 amide bonds. The summed E-state index contributed by atoms with van der Waals surface area (Å²) >= 11 is 0. The first-order valence-electron chi connectivity index (χ1n) is 9.12. The van der Waals surface area contributed by atoms with Gasteiger partial charge in [-0.1, -0.05) is 24.6 Å². The zero-order valence-electron chi connectivity index (χ0n) is 16.4. The molecule has 28 heavy (non-hydrogen) atoms. The number of carbonyl (C=O) groups excluding carboxylic acids is 3. The molecule has 0 aliphatic rings. The summed E-state index contributed by atoms with van der Waals surface area (Å²) in [6, 6.07) is 14.4. The number of carbonyl (C=O) groups is 3. The topological polar surface area (TPSA) is 90.5 Å². The molecule has 0 unspecified atom stereocenters. The molecule has 0 heterocycles. The van der Waals surface area contributed by atoms with Crippen molar-refractivity contribution in [2.24, 2.45) is 0 Å². The Kier molecular flexibility index (Phi) is 7.71. The van der Waals surface area contributed by atoms with Gasteiger partial charge >= 0.3 is 0 Å². The molecule has 0 fully saturated rings. The molecule has 7 heteroatoms. The van der Waals surface area contributed by atoms with Crippen LogP contribution in [-0.2, 0) is 14.4 Å². The van der Waals surface area contributed by atoms with Crippen molar-refractivity contribution in [1.82, 2.24) is 4.90 Å². The Hall–Kier alpha value is -3.19. The Morgan fingerprint density at radius 3 is 1.54 bits per heavy atom. The summed E-state index contributed by atoms with van der Waals surface area (Å²) in [6.45, 7) is 6.11. The quantitative estimate of drug-likeness (QED) is 0.655. The van der Waals surface area contributed by atoms with Gasteiger partial charge in [0.25, 0.3) is 0 Å². The van der Waals surface area contributed by atoms with Crippen molar-refractivity contribution in [3.63, 3.8) is 0 Å². The molecule has 2 rings (SSSR count). The van der Waals surface area contributed by atoms with Crippen LogP contribution in [0.25, 0.3) is 0 Å². The zero-order chi connectivity index (χ0) is 20.5. The first-order valence-corrected chi connectivity index (χ1v) is 9.12. The number of rotatable bonds is 8. The minimum atomic E-state index is -0.211. The number of hydrogen-bond acceptors (Lipinski definition) is 4. The van der Waals surface area contributed by atoms with Crippen molar-refractivity contribution in [2.75, 3.05) is 35.6 Å². The molecule has 3 N–H and O–H groups in total. The van der Waals surface area contributed by atoms with Crippen LogP contribution in [0.2, 0.25) is 0 Å². The molecule has 0 radical (unpaired) electrons. The predicted octanol–water partition coefficient (Wildman–Crippen LogP) is 2.85. The van der Waals surface area contributed by atoms with Crippen LogP contribution in [0.15, 0.2) is 48.5 Å². The molecule has 0 spiro atoms. The molecule has 0 aromatic heterocycles. The standard InChI is InChI=1S/C21H26N4O3/c1-4-25(13-20(27)23-18-7-5-15(2)6-8-18)14-21(28)24-19-11-9-17(10-12-19)22-16(3)26/h5-12H,4,13-14H2,1-3H3,(H,22,26)(H,23,27)(H,24,28). The fraction of sp³-hybridized carbons (Fsp3) is 0.286. The molecule has 0 bridgehead atoms. The number of anilines is 3. The minimum absolute atomic E-state index is 0.102. The third-order valence-electron chi connectivity index (χ3n) is 4.01. The highest BCUT2D eigenvalue weighted by Gasteiger charge is 2.13. The van der Waals surface area contributed by atoms with E-state index >= 15 is 0 Å². The van der Waals surface area contributed by atoms with Gasteiger partial charge in [-0.25, -0.2) is 0 Å². The van der Waals surface area contributed by atoms with Gasteiger partial charge in [0, 0.05) is 24.0 Å². The van der Waals surface area contributed by atoms with Gasteiger partial charge < -0.3 is 16.0 Å². The summed E-state index contributed by atoms with van der Waals surface area (Å²) in [6.07, 6.45) is 0. The molecule has 0 aliphatic heterocycles. The van der Waals surface area contributed by atoms with Crippen LogP contribution < -0.4 is 16.0 Å². The first-order chi connectivity index (χ1) is 13.4. The molecular weight excluding hydrogens is 356 g/mol. The van der Waals surface area contributed by atoms with Gasteiger partial charge in [0.05, 0.1) is 13.1 Å². The van der Waals surface area contributed by atoms with Crippen molar-refractivity contribution in [3.8, 4) is 0 Å². The highest BCUT2D eigenvalue weighted by atomic mass is 16.2. The van der Waals surface area contributed by atoms with Crippen LogP contribution in [0.5, 0.6) is 0 Å². The molecule has 0 saturated carbocycles. The van der Waals surface area contributed by atoms with E-state index in [1.54, 1.807) is 29.2 Å². The van der Waals surface area contributed by atoms with Crippen LogP contribution in [0.3, 0.4) is 0 Å². The maximum absolute atomic E-state index is 12.3. The Morgan fingerprint density at radius 1 is 0.750 bits per heavy atom.